The molecule has 1 aromatic heterocycles. The number of hydrogen-bond acceptors (Lipinski definition) is 3. The van der Waals surface area contributed by atoms with Gasteiger partial charge in [-0.1, -0.05) is 6.42 Å². The quantitative estimate of drug-likeness (QED) is 0.582. The summed E-state index contributed by atoms with van der Waals surface area (Å²) in [7, 11) is 3.51. The summed E-state index contributed by atoms with van der Waals surface area (Å²) in [6, 6.07) is 4.60. The van der Waals surface area contributed by atoms with Crippen LogP contribution in [-0.2, 0) is 11.3 Å². The molecule has 1 aromatic carbocycles. The number of furan rings is 1. The fourth-order valence-electron chi connectivity index (χ4n) is 3.58. The smallest absolute Gasteiger partial charge is 0.191 e. The van der Waals surface area contributed by atoms with E-state index in [1.54, 1.807) is 20.2 Å². The molecule has 1 saturated carbocycles. The molecule has 0 aliphatic heterocycles. The molecule has 0 saturated heterocycles. The lowest BCUT2D eigenvalue weighted by Gasteiger charge is -2.42. The number of halogens is 1. The van der Waals surface area contributed by atoms with E-state index in [4.69, 9.17) is 9.15 Å². The van der Waals surface area contributed by atoms with Gasteiger partial charge in [-0.3, -0.25) is 4.99 Å². The molecule has 0 bridgehead atoms. The van der Waals surface area contributed by atoms with Crippen LogP contribution in [0.1, 0.15) is 37.0 Å². The molecule has 1 aliphatic rings. The molecule has 142 valence electrons. The van der Waals surface area contributed by atoms with Crippen molar-refractivity contribution in [2.75, 3.05) is 27.3 Å². The van der Waals surface area contributed by atoms with Gasteiger partial charge in [-0.2, -0.15) is 0 Å². The number of aliphatic imine (C=N–C) groups is 1. The first kappa shape index (κ1) is 18.7. The van der Waals surface area contributed by atoms with Crippen LogP contribution in [0.15, 0.2) is 27.6 Å². The number of nitrogens with zero attached hydrogens (tertiary/aromatic N) is 1. The van der Waals surface area contributed by atoms with Gasteiger partial charge in [0.1, 0.15) is 17.2 Å². The van der Waals surface area contributed by atoms with Crippen molar-refractivity contribution in [3.05, 3.63) is 35.3 Å². The third kappa shape index (κ3) is 4.01. The second-order valence-electron chi connectivity index (χ2n) is 7.17. The Labute approximate surface area is 154 Å². The molecule has 0 unspecified atom stereocenters. The van der Waals surface area contributed by atoms with Crippen LogP contribution in [0.25, 0.3) is 11.0 Å². The van der Waals surface area contributed by atoms with E-state index in [9.17, 15) is 4.39 Å². The number of aryl methyl sites for hydroxylation is 1. The summed E-state index contributed by atoms with van der Waals surface area (Å²) in [5, 5.41) is 7.55. The van der Waals surface area contributed by atoms with Gasteiger partial charge in [0.05, 0.1) is 6.54 Å². The minimum atomic E-state index is -0.250. The van der Waals surface area contributed by atoms with Crippen molar-refractivity contribution in [3.63, 3.8) is 0 Å². The predicted molar refractivity (Wildman–Crippen MR) is 102 cm³/mol. The first-order chi connectivity index (χ1) is 12.6. The Kier molecular flexibility index (Phi) is 5.81. The summed E-state index contributed by atoms with van der Waals surface area (Å²) >= 11 is 0. The number of ether oxygens (including phenoxy) is 1. The van der Waals surface area contributed by atoms with Gasteiger partial charge in [-0.15, -0.1) is 0 Å². The van der Waals surface area contributed by atoms with Crippen LogP contribution in [-0.4, -0.2) is 33.3 Å². The van der Waals surface area contributed by atoms with E-state index in [1.165, 1.54) is 31.4 Å². The Morgan fingerprint density at radius 2 is 2.15 bits per heavy atom. The van der Waals surface area contributed by atoms with Crippen molar-refractivity contribution in [1.29, 1.82) is 0 Å². The third-order valence-electron chi connectivity index (χ3n) is 5.52. The highest BCUT2D eigenvalue weighted by Gasteiger charge is 2.36. The summed E-state index contributed by atoms with van der Waals surface area (Å²) in [6.07, 6.45) is 4.82. The molecule has 1 aliphatic carbocycles. The minimum absolute atomic E-state index is 0.250. The van der Waals surface area contributed by atoms with Gasteiger partial charge < -0.3 is 19.8 Å². The van der Waals surface area contributed by atoms with E-state index in [0.717, 1.165) is 42.2 Å². The molecular formula is C20H28FN3O2. The molecular weight excluding hydrogens is 333 g/mol. The molecule has 2 aromatic rings. The average molecular weight is 361 g/mol. The van der Waals surface area contributed by atoms with Crippen molar-refractivity contribution in [3.8, 4) is 0 Å². The maximum atomic E-state index is 13.4. The summed E-state index contributed by atoms with van der Waals surface area (Å²) < 4.78 is 24.5. The zero-order chi connectivity index (χ0) is 18.6. The number of methoxy groups -OCH3 is 1. The van der Waals surface area contributed by atoms with Crippen LogP contribution in [0.4, 0.5) is 4.39 Å². The monoisotopic (exact) mass is 361 g/mol. The van der Waals surface area contributed by atoms with Gasteiger partial charge in [0, 0.05) is 38.3 Å². The molecule has 1 fully saturated rings. The summed E-state index contributed by atoms with van der Waals surface area (Å²) in [6.45, 7) is 4.14. The van der Waals surface area contributed by atoms with E-state index >= 15 is 0 Å². The maximum absolute atomic E-state index is 13.4. The highest BCUT2D eigenvalue weighted by atomic mass is 19.1. The molecule has 0 spiro atoms. The number of guanidine groups is 1. The highest BCUT2D eigenvalue weighted by molar-refractivity contribution is 5.83. The Morgan fingerprint density at radius 1 is 1.35 bits per heavy atom. The molecule has 3 rings (SSSR count). The highest BCUT2D eigenvalue weighted by Crippen LogP contribution is 2.43. The van der Waals surface area contributed by atoms with Gasteiger partial charge in [-0.25, -0.2) is 4.39 Å². The lowest BCUT2D eigenvalue weighted by molar-refractivity contribution is 0.0732. The molecule has 2 N–H and O–H groups in total. The van der Waals surface area contributed by atoms with Crippen LogP contribution in [0.5, 0.6) is 0 Å². The first-order valence-corrected chi connectivity index (χ1v) is 9.18. The molecule has 0 amide bonds. The third-order valence-corrected chi connectivity index (χ3v) is 5.52. The van der Waals surface area contributed by atoms with Crippen LogP contribution < -0.4 is 10.6 Å². The van der Waals surface area contributed by atoms with Crippen molar-refractivity contribution in [2.24, 2.45) is 10.4 Å². The second-order valence-corrected chi connectivity index (χ2v) is 7.17. The van der Waals surface area contributed by atoms with Crippen LogP contribution in [0, 0.1) is 18.2 Å². The SMILES string of the molecule is CN=C(NCc1oc2ccc(F)cc2c1C)NCC1(CCOC)CCC1. The number of benzene rings is 1. The number of fused-ring (bicyclic) bond motifs is 1. The van der Waals surface area contributed by atoms with Crippen LogP contribution in [0.3, 0.4) is 0 Å². The van der Waals surface area contributed by atoms with E-state index in [1.807, 2.05) is 6.92 Å². The zero-order valence-electron chi connectivity index (χ0n) is 15.8. The predicted octanol–water partition coefficient (Wildman–Crippen LogP) is 3.75. The van der Waals surface area contributed by atoms with E-state index in [-0.39, 0.29) is 5.82 Å². The van der Waals surface area contributed by atoms with Gasteiger partial charge in [0.2, 0.25) is 0 Å². The Hall–Kier alpha value is -2.08. The van der Waals surface area contributed by atoms with Gasteiger partial charge >= 0.3 is 0 Å². The largest absolute Gasteiger partial charge is 0.459 e. The summed E-state index contributed by atoms with van der Waals surface area (Å²) in [5.74, 6) is 1.30. The molecule has 5 nitrogen and oxygen atoms in total. The second kappa shape index (κ2) is 8.08. The molecule has 1 heterocycles. The van der Waals surface area contributed by atoms with Crippen LogP contribution >= 0.6 is 0 Å². The summed E-state index contributed by atoms with van der Waals surface area (Å²) in [5.41, 5.74) is 1.98. The number of nitrogens with one attached hydrogen (secondary N) is 2. The Morgan fingerprint density at radius 3 is 2.81 bits per heavy atom. The average Bonchev–Trinajstić information content (AvgIpc) is 2.92. The van der Waals surface area contributed by atoms with E-state index < -0.39 is 0 Å². The Bertz CT molecular complexity index is 781. The summed E-state index contributed by atoms with van der Waals surface area (Å²) in [4.78, 5) is 4.30. The number of hydrogen-bond donors (Lipinski definition) is 2. The van der Waals surface area contributed by atoms with Crippen LogP contribution in [0.2, 0.25) is 0 Å². The lowest BCUT2D eigenvalue weighted by atomic mass is 9.67. The van der Waals surface area contributed by atoms with Crippen molar-refractivity contribution in [2.45, 2.75) is 39.2 Å². The van der Waals surface area contributed by atoms with E-state index in [2.05, 4.69) is 15.6 Å². The fraction of sp³-hybridized carbons (Fsp3) is 0.550. The Balaban J connectivity index is 1.58. The normalized spacial score (nSPS) is 16.5. The molecule has 6 heteroatoms. The standard InChI is InChI=1S/C20H28FN3O2/c1-14-16-11-15(21)5-6-17(16)26-18(14)12-23-19(22-2)24-13-20(7-4-8-20)9-10-25-3/h5-6,11H,4,7-10,12-13H2,1-3H3,(H2,22,23,24). The van der Waals surface area contributed by atoms with Gasteiger partial charge in [0.15, 0.2) is 5.96 Å². The van der Waals surface area contributed by atoms with Crippen molar-refractivity contribution < 1.29 is 13.5 Å². The van der Waals surface area contributed by atoms with Crippen molar-refractivity contribution >= 4 is 16.9 Å². The number of rotatable bonds is 7. The van der Waals surface area contributed by atoms with Gasteiger partial charge in [-0.05, 0) is 49.8 Å². The maximum Gasteiger partial charge on any atom is 0.191 e. The molecule has 26 heavy (non-hydrogen) atoms. The van der Waals surface area contributed by atoms with E-state index in [0.29, 0.717) is 17.5 Å². The topological polar surface area (TPSA) is 58.8 Å². The zero-order valence-corrected chi connectivity index (χ0v) is 15.8. The fourth-order valence-corrected chi connectivity index (χ4v) is 3.58. The molecule has 0 atom stereocenters. The van der Waals surface area contributed by atoms with Gasteiger partial charge in [0.25, 0.3) is 0 Å². The lowest BCUT2D eigenvalue weighted by Crippen LogP contribution is -2.46. The molecule has 0 radical (unpaired) electrons. The van der Waals surface area contributed by atoms with Crippen molar-refractivity contribution in [1.82, 2.24) is 10.6 Å². The first-order valence-electron chi connectivity index (χ1n) is 9.18. The minimum Gasteiger partial charge on any atom is -0.459 e.